The van der Waals surface area contributed by atoms with Crippen LogP contribution in [0.1, 0.15) is 31.0 Å². The van der Waals surface area contributed by atoms with E-state index in [1.807, 2.05) is 30.3 Å². The van der Waals surface area contributed by atoms with Crippen LogP contribution in [0.15, 0.2) is 54.9 Å². The van der Waals surface area contributed by atoms with E-state index in [-0.39, 0.29) is 17.4 Å². The number of halogens is 1. The Kier molecular flexibility index (Phi) is 8.49. The molecule has 0 spiro atoms. The number of ether oxygens (including phenoxy) is 1. The molecule has 3 aromatic rings. The molecule has 6 bridgehead atoms. The molecular weight excluding hydrogens is 519 g/mol. The fourth-order valence-electron chi connectivity index (χ4n) is 4.82. The van der Waals surface area contributed by atoms with Gasteiger partial charge in [0.1, 0.15) is 5.69 Å². The molecule has 1 N–H and O–H groups in total. The molecule has 2 aromatic heterocycles. The van der Waals surface area contributed by atoms with Crippen molar-refractivity contribution in [1.82, 2.24) is 19.3 Å². The van der Waals surface area contributed by atoms with Gasteiger partial charge in [-0.25, -0.2) is 22.8 Å². The summed E-state index contributed by atoms with van der Waals surface area (Å²) in [4.78, 5) is 15.3. The summed E-state index contributed by atoms with van der Waals surface area (Å²) in [5, 5.41) is 3.21. The van der Waals surface area contributed by atoms with Crippen LogP contribution in [0.3, 0.4) is 0 Å². The molecule has 0 radical (unpaired) electrons. The predicted octanol–water partition coefficient (Wildman–Crippen LogP) is 4.30. The van der Waals surface area contributed by atoms with Gasteiger partial charge in [-0.1, -0.05) is 12.2 Å². The van der Waals surface area contributed by atoms with Gasteiger partial charge in [0.05, 0.1) is 25.2 Å². The quantitative estimate of drug-likeness (QED) is 0.480. The molecule has 0 saturated carbocycles. The number of hydrogen-bond acceptors (Lipinski definition) is 8. The van der Waals surface area contributed by atoms with Crippen molar-refractivity contribution in [3.8, 4) is 11.3 Å². The lowest BCUT2D eigenvalue weighted by molar-refractivity contribution is 0.148. The second-order valence-electron chi connectivity index (χ2n) is 9.56. The standard InChI is InChI=1S/C28H33FN6O3S/c1-2-39(36,37)35-14-12-34(13-15-35)26-9-8-24-18-22(26)20-38-16-6-4-3-5-7-23-17-21(10-11-30-23)27-25(29)19-31-28(32-24)33-27/h4,6,8-11,17-19H,2-3,5,7,12-16,20H2,1H3,(H,31,32,33)/b6-4+. The first kappa shape index (κ1) is 27.2. The summed E-state index contributed by atoms with van der Waals surface area (Å²) in [5.41, 5.74) is 4.47. The van der Waals surface area contributed by atoms with E-state index in [4.69, 9.17) is 4.74 Å². The maximum Gasteiger partial charge on any atom is 0.227 e. The number of pyridine rings is 1. The van der Waals surface area contributed by atoms with Crippen LogP contribution in [0.2, 0.25) is 0 Å². The average Bonchev–Trinajstić information content (AvgIpc) is 2.95. The maximum absolute atomic E-state index is 14.7. The number of aryl methyl sites for hydroxylation is 1. The number of piperazine rings is 1. The molecule has 11 heteroatoms. The average molecular weight is 553 g/mol. The highest BCUT2D eigenvalue weighted by atomic mass is 32.2. The van der Waals surface area contributed by atoms with Crippen molar-refractivity contribution in [1.29, 1.82) is 0 Å². The molecule has 0 unspecified atom stereocenters. The van der Waals surface area contributed by atoms with E-state index in [1.54, 1.807) is 23.5 Å². The van der Waals surface area contributed by atoms with Crippen molar-refractivity contribution < 1.29 is 17.5 Å². The second kappa shape index (κ2) is 12.2. The molecule has 2 aliphatic rings. The summed E-state index contributed by atoms with van der Waals surface area (Å²) in [6, 6.07) is 9.53. The fraction of sp³-hybridized carbons (Fsp3) is 0.393. The van der Waals surface area contributed by atoms with Crippen LogP contribution >= 0.6 is 0 Å². The normalized spacial score (nSPS) is 18.1. The Bertz CT molecular complexity index is 1440. The number of benzene rings is 1. The van der Waals surface area contributed by atoms with Gasteiger partial charge < -0.3 is 15.0 Å². The van der Waals surface area contributed by atoms with Gasteiger partial charge in [-0.2, -0.15) is 4.31 Å². The van der Waals surface area contributed by atoms with Gasteiger partial charge in [0.2, 0.25) is 16.0 Å². The summed E-state index contributed by atoms with van der Waals surface area (Å²) in [6.07, 6.45) is 9.57. The van der Waals surface area contributed by atoms with E-state index in [0.717, 1.165) is 41.9 Å². The number of nitrogens with one attached hydrogen (secondary N) is 1. The molecule has 1 aromatic carbocycles. The number of rotatable bonds is 3. The third-order valence-electron chi connectivity index (χ3n) is 6.95. The summed E-state index contributed by atoms with van der Waals surface area (Å²) in [6.45, 7) is 4.62. The third kappa shape index (κ3) is 6.60. The van der Waals surface area contributed by atoms with Crippen molar-refractivity contribution in [2.45, 2.75) is 32.8 Å². The molecule has 1 saturated heterocycles. The molecule has 4 heterocycles. The van der Waals surface area contributed by atoms with Crippen LogP contribution < -0.4 is 10.2 Å². The zero-order valence-electron chi connectivity index (χ0n) is 22.0. The van der Waals surface area contributed by atoms with Gasteiger partial charge in [0.25, 0.3) is 0 Å². The first-order valence-electron chi connectivity index (χ1n) is 13.3. The minimum absolute atomic E-state index is 0.107. The lowest BCUT2D eigenvalue weighted by Gasteiger charge is -2.36. The van der Waals surface area contributed by atoms with E-state index in [0.29, 0.717) is 45.0 Å². The smallest absolute Gasteiger partial charge is 0.227 e. The minimum Gasteiger partial charge on any atom is -0.373 e. The minimum atomic E-state index is -3.21. The van der Waals surface area contributed by atoms with Gasteiger partial charge in [0, 0.05) is 60.6 Å². The molecule has 206 valence electrons. The largest absolute Gasteiger partial charge is 0.373 e. The van der Waals surface area contributed by atoms with Crippen LogP contribution in [0.25, 0.3) is 11.3 Å². The molecule has 2 aliphatic heterocycles. The van der Waals surface area contributed by atoms with E-state index in [9.17, 15) is 12.8 Å². The number of nitrogens with zero attached hydrogens (tertiary/aromatic N) is 5. The van der Waals surface area contributed by atoms with Gasteiger partial charge in [0.15, 0.2) is 5.82 Å². The topological polar surface area (TPSA) is 101 Å². The zero-order valence-corrected chi connectivity index (χ0v) is 22.8. The van der Waals surface area contributed by atoms with E-state index in [2.05, 4.69) is 31.2 Å². The van der Waals surface area contributed by atoms with Crippen LogP contribution in [0.4, 0.5) is 21.7 Å². The van der Waals surface area contributed by atoms with Crippen molar-refractivity contribution in [3.05, 3.63) is 72.0 Å². The SMILES string of the molecule is CCS(=O)(=O)N1CCN(c2ccc3cc2COC/C=C/CCCc2cc(ccn2)-c2nc(ncc2F)N3)CC1. The number of sulfonamides is 1. The molecule has 0 aliphatic carbocycles. The molecule has 1 fully saturated rings. The van der Waals surface area contributed by atoms with Gasteiger partial charge in [-0.3, -0.25) is 4.98 Å². The second-order valence-corrected chi connectivity index (χ2v) is 11.8. The van der Waals surface area contributed by atoms with Crippen molar-refractivity contribution in [2.24, 2.45) is 0 Å². The van der Waals surface area contributed by atoms with E-state index >= 15 is 0 Å². The monoisotopic (exact) mass is 552 g/mol. The Balaban J connectivity index is 1.43. The molecule has 5 rings (SSSR count). The Morgan fingerprint density at radius 3 is 2.74 bits per heavy atom. The Hall–Kier alpha value is -3.41. The lowest BCUT2D eigenvalue weighted by Crippen LogP contribution is -2.49. The molecule has 0 atom stereocenters. The number of fused-ring (bicyclic) bond motifs is 7. The van der Waals surface area contributed by atoms with Crippen LogP contribution in [0.5, 0.6) is 0 Å². The molecule has 0 amide bonds. The molecule has 9 nitrogen and oxygen atoms in total. The third-order valence-corrected chi connectivity index (χ3v) is 8.83. The van der Waals surface area contributed by atoms with Gasteiger partial charge >= 0.3 is 0 Å². The number of allylic oxidation sites excluding steroid dienone is 1. The van der Waals surface area contributed by atoms with Crippen molar-refractivity contribution >= 4 is 27.3 Å². The number of aromatic nitrogens is 3. The summed E-state index contributed by atoms with van der Waals surface area (Å²) >= 11 is 0. The van der Waals surface area contributed by atoms with Crippen LogP contribution in [-0.4, -0.2) is 66.2 Å². The first-order valence-corrected chi connectivity index (χ1v) is 14.9. The molecular formula is C28H33FN6O3S. The summed E-state index contributed by atoms with van der Waals surface area (Å²) < 4.78 is 46.9. The summed E-state index contributed by atoms with van der Waals surface area (Å²) in [5.74, 6) is -0.106. The van der Waals surface area contributed by atoms with Crippen LogP contribution in [-0.2, 0) is 27.8 Å². The Labute approximate surface area is 228 Å². The van der Waals surface area contributed by atoms with Crippen LogP contribution in [0, 0.1) is 5.82 Å². The predicted molar refractivity (Wildman–Crippen MR) is 150 cm³/mol. The first-order chi connectivity index (χ1) is 18.9. The highest BCUT2D eigenvalue weighted by molar-refractivity contribution is 7.89. The summed E-state index contributed by atoms with van der Waals surface area (Å²) in [7, 11) is -3.21. The number of anilines is 3. The maximum atomic E-state index is 14.7. The Morgan fingerprint density at radius 1 is 1.08 bits per heavy atom. The van der Waals surface area contributed by atoms with E-state index < -0.39 is 15.8 Å². The fourth-order valence-corrected chi connectivity index (χ4v) is 5.91. The van der Waals surface area contributed by atoms with Crippen molar-refractivity contribution in [2.75, 3.05) is 48.8 Å². The lowest BCUT2D eigenvalue weighted by atomic mass is 10.1. The van der Waals surface area contributed by atoms with E-state index in [1.165, 1.54) is 6.20 Å². The van der Waals surface area contributed by atoms with Crippen molar-refractivity contribution in [3.63, 3.8) is 0 Å². The number of hydrogen-bond donors (Lipinski definition) is 1. The zero-order chi connectivity index (χ0) is 27.2. The highest BCUT2D eigenvalue weighted by Crippen LogP contribution is 2.29. The molecule has 39 heavy (non-hydrogen) atoms. The Morgan fingerprint density at radius 2 is 1.92 bits per heavy atom. The van der Waals surface area contributed by atoms with Gasteiger partial charge in [-0.05, 0) is 56.5 Å². The van der Waals surface area contributed by atoms with Gasteiger partial charge in [-0.15, -0.1) is 0 Å². The highest BCUT2D eigenvalue weighted by Gasteiger charge is 2.26.